The number of unbranched alkanes of at least 4 members (excludes halogenated alkanes) is 20. The molecule has 0 aromatic rings. The monoisotopic (exact) mass is 609 g/mol. The molecule has 0 amide bonds. The highest BCUT2D eigenvalue weighted by atomic mass is 16.5. The van der Waals surface area contributed by atoms with Gasteiger partial charge in [-0.2, -0.15) is 0 Å². The third-order valence-electron chi connectivity index (χ3n) is 6.74. The number of esters is 3. The minimum Gasteiger partial charge on any atom is -0.463 e. The van der Waals surface area contributed by atoms with Gasteiger partial charge in [0.05, 0.1) is 19.5 Å². The van der Waals surface area contributed by atoms with Crippen LogP contribution in [-0.2, 0) is 28.6 Å². The van der Waals surface area contributed by atoms with Crippen LogP contribution in [0.3, 0.4) is 0 Å². The summed E-state index contributed by atoms with van der Waals surface area (Å²) in [6, 6.07) is 0. The lowest BCUT2D eigenvalue weighted by Crippen LogP contribution is -2.05. The second-order valence-electron chi connectivity index (χ2n) is 11.1. The molecule has 0 radical (unpaired) electrons. The lowest BCUT2D eigenvalue weighted by Gasteiger charge is -2.05. The predicted octanol–water partition coefficient (Wildman–Crippen LogP) is 11.1. The highest BCUT2D eigenvalue weighted by molar-refractivity contribution is 5.86. The molecule has 0 N–H and O–H groups in total. The van der Waals surface area contributed by atoms with Crippen LogP contribution in [0, 0.1) is 0 Å². The van der Waals surface area contributed by atoms with Crippen LogP contribution in [0.5, 0.6) is 0 Å². The number of hydrogen-bond donors (Lipinski definition) is 0. The maximum absolute atomic E-state index is 11.2. The van der Waals surface area contributed by atoms with Crippen LogP contribution in [-0.4, -0.2) is 31.1 Å². The fourth-order valence-electron chi connectivity index (χ4n) is 4.17. The zero-order chi connectivity index (χ0) is 32.8. The summed E-state index contributed by atoms with van der Waals surface area (Å²) in [7, 11) is 0. The smallest absolute Gasteiger partial charge is 0.333 e. The van der Waals surface area contributed by atoms with Crippen molar-refractivity contribution in [1.82, 2.24) is 0 Å². The third kappa shape index (κ3) is 46.8. The molecule has 0 aromatic carbocycles. The van der Waals surface area contributed by atoms with Crippen molar-refractivity contribution >= 4 is 17.9 Å². The Hall–Kier alpha value is -2.37. The standard InChI is InChI=1S/C22H42O2.C11H20O2.C4H6O2/c1-4-5-6-7-8-9-10-11-12-13-14-15-16-17-18-19-20-24-22(23)21(2)3;1-3-5-6-7-8-9-10-13-11(12)4-2;1-3-6-4(2)5/h2,4-20H2,1,3H3;4H,2-3,5-10H2,1H3;3H,1H2,2H3. The molecule has 0 saturated heterocycles. The highest BCUT2D eigenvalue weighted by Crippen LogP contribution is 2.13. The molecule has 43 heavy (non-hydrogen) atoms. The van der Waals surface area contributed by atoms with E-state index in [1.165, 1.54) is 135 Å². The SMILES string of the molecule is C=C(C)C(=O)OCCCCCCCCCCCCCCCCCC.C=CC(=O)OCCCCCCCC.C=COC(C)=O. The maximum atomic E-state index is 11.2. The maximum Gasteiger partial charge on any atom is 0.333 e. The van der Waals surface area contributed by atoms with E-state index in [9.17, 15) is 14.4 Å². The molecule has 0 spiro atoms. The summed E-state index contributed by atoms with van der Waals surface area (Å²) in [5.74, 6) is -0.894. The van der Waals surface area contributed by atoms with Crippen molar-refractivity contribution < 1.29 is 28.6 Å². The van der Waals surface area contributed by atoms with Crippen LogP contribution >= 0.6 is 0 Å². The zero-order valence-corrected chi connectivity index (χ0v) is 28.7. The number of carbonyl (C=O) groups excluding carboxylic acids is 3. The Morgan fingerprint density at radius 3 is 1.12 bits per heavy atom. The first-order valence-corrected chi connectivity index (χ1v) is 17.2. The molecule has 6 nitrogen and oxygen atoms in total. The van der Waals surface area contributed by atoms with Gasteiger partial charge < -0.3 is 14.2 Å². The van der Waals surface area contributed by atoms with Crippen molar-refractivity contribution in [3.05, 3.63) is 37.6 Å². The molecule has 0 fully saturated rings. The van der Waals surface area contributed by atoms with Crippen molar-refractivity contribution in [2.75, 3.05) is 13.2 Å². The molecular weight excluding hydrogens is 540 g/mol. The van der Waals surface area contributed by atoms with Gasteiger partial charge in [0, 0.05) is 18.6 Å². The van der Waals surface area contributed by atoms with Crippen molar-refractivity contribution in [3.63, 3.8) is 0 Å². The Balaban J connectivity index is -0.000000698. The van der Waals surface area contributed by atoms with Gasteiger partial charge in [0.2, 0.25) is 0 Å². The molecule has 0 aromatic heterocycles. The molecule has 0 atom stereocenters. The number of hydrogen-bond acceptors (Lipinski definition) is 6. The van der Waals surface area contributed by atoms with Crippen LogP contribution in [0.15, 0.2) is 37.6 Å². The van der Waals surface area contributed by atoms with E-state index >= 15 is 0 Å². The number of carbonyl (C=O) groups is 3. The number of rotatable bonds is 27. The molecular formula is C37H68O6. The first-order chi connectivity index (χ1) is 20.8. The van der Waals surface area contributed by atoms with Crippen LogP contribution in [0.4, 0.5) is 0 Å². The van der Waals surface area contributed by atoms with E-state index in [1.54, 1.807) is 6.92 Å². The summed E-state index contributed by atoms with van der Waals surface area (Å²) in [6.45, 7) is 18.6. The van der Waals surface area contributed by atoms with Crippen molar-refractivity contribution in [2.45, 2.75) is 169 Å². The molecule has 0 unspecified atom stereocenters. The average Bonchev–Trinajstić information content (AvgIpc) is 2.98. The Labute approximate surface area is 266 Å². The van der Waals surface area contributed by atoms with Crippen molar-refractivity contribution in [1.29, 1.82) is 0 Å². The van der Waals surface area contributed by atoms with E-state index in [0.717, 1.165) is 25.5 Å². The van der Waals surface area contributed by atoms with Gasteiger partial charge in [-0.05, 0) is 19.8 Å². The van der Waals surface area contributed by atoms with Gasteiger partial charge in [-0.3, -0.25) is 4.79 Å². The first-order valence-electron chi connectivity index (χ1n) is 17.2. The molecule has 0 aliphatic heterocycles. The Morgan fingerprint density at radius 2 is 0.860 bits per heavy atom. The van der Waals surface area contributed by atoms with Gasteiger partial charge in [-0.25, -0.2) is 9.59 Å². The van der Waals surface area contributed by atoms with E-state index in [-0.39, 0.29) is 17.9 Å². The van der Waals surface area contributed by atoms with E-state index in [0.29, 0.717) is 18.8 Å². The summed E-state index contributed by atoms with van der Waals surface area (Å²) in [5.41, 5.74) is 0.492. The van der Waals surface area contributed by atoms with Crippen molar-refractivity contribution in [2.24, 2.45) is 0 Å². The molecule has 6 heteroatoms. The van der Waals surface area contributed by atoms with Crippen LogP contribution in [0.2, 0.25) is 0 Å². The van der Waals surface area contributed by atoms with E-state index in [4.69, 9.17) is 9.47 Å². The van der Waals surface area contributed by atoms with Crippen LogP contribution in [0.1, 0.15) is 169 Å². The van der Waals surface area contributed by atoms with Crippen LogP contribution < -0.4 is 0 Å². The minimum absolute atomic E-state index is 0.254. The van der Waals surface area contributed by atoms with Gasteiger partial charge in [0.25, 0.3) is 0 Å². The zero-order valence-electron chi connectivity index (χ0n) is 28.7. The molecule has 0 heterocycles. The second kappa shape index (κ2) is 39.6. The normalized spacial score (nSPS) is 9.86. The second-order valence-corrected chi connectivity index (χ2v) is 11.1. The molecule has 0 saturated carbocycles. The quantitative estimate of drug-likeness (QED) is 0.0303. The fraction of sp³-hybridized carbons (Fsp3) is 0.757. The Kier molecular flexibility index (Phi) is 41.5. The average molecular weight is 609 g/mol. The molecule has 0 aliphatic carbocycles. The van der Waals surface area contributed by atoms with Gasteiger partial charge in [-0.15, -0.1) is 0 Å². The lowest BCUT2D eigenvalue weighted by molar-refractivity contribution is -0.139. The summed E-state index contributed by atoms with van der Waals surface area (Å²) < 4.78 is 14.1. The third-order valence-corrected chi connectivity index (χ3v) is 6.74. The Morgan fingerprint density at radius 1 is 0.535 bits per heavy atom. The minimum atomic E-state index is -0.329. The van der Waals surface area contributed by atoms with E-state index in [1.807, 2.05) is 0 Å². The molecule has 0 aliphatic rings. The fourth-order valence-corrected chi connectivity index (χ4v) is 4.17. The van der Waals surface area contributed by atoms with Gasteiger partial charge >= 0.3 is 17.9 Å². The predicted molar refractivity (Wildman–Crippen MR) is 182 cm³/mol. The molecule has 0 rings (SSSR count). The van der Waals surface area contributed by atoms with E-state index < -0.39 is 0 Å². The topological polar surface area (TPSA) is 78.9 Å². The van der Waals surface area contributed by atoms with Gasteiger partial charge in [-0.1, -0.05) is 162 Å². The first kappa shape index (κ1) is 45.1. The van der Waals surface area contributed by atoms with Crippen LogP contribution in [0.25, 0.3) is 0 Å². The number of ether oxygens (including phenoxy) is 3. The largest absolute Gasteiger partial charge is 0.463 e. The highest BCUT2D eigenvalue weighted by Gasteiger charge is 2.01. The lowest BCUT2D eigenvalue weighted by atomic mass is 10.0. The molecule has 0 bridgehead atoms. The molecule has 252 valence electrons. The summed E-state index contributed by atoms with van der Waals surface area (Å²) in [4.78, 5) is 31.5. The van der Waals surface area contributed by atoms with Gasteiger partial charge in [0.1, 0.15) is 0 Å². The Bertz CT molecular complexity index is 670. The summed E-state index contributed by atoms with van der Waals surface area (Å²) >= 11 is 0. The summed E-state index contributed by atoms with van der Waals surface area (Å²) in [5, 5.41) is 0. The van der Waals surface area contributed by atoms with Crippen molar-refractivity contribution in [3.8, 4) is 0 Å². The van der Waals surface area contributed by atoms with Gasteiger partial charge in [0.15, 0.2) is 0 Å². The summed E-state index contributed by atoms with van der Waals surface area (Å²) in [6.07, 6.45) is 31.3. The van der Waals surface area contributed by atoms with E-state index in [2.05, 4.69) is 38.3 Å².